The van der Waals surface area contributed by atoms with Crippen LogP contribution < -0.4 is 15.5 Å². The Morgan fingerprint density at radius 2 is 1.76 bits per heavy atom. The molecule has 0 unspecified atom stereocenters. The van der Waals surface area contributed by atoms with Gasteiger partial charge in [0, 0.05) is 5.46 Å². The Morgan fingerprint density at radius 1 is 1.20 bits per heavy atom. The summed E-state index contributed by atoms with van der Waals surface area (Å²) < 4.78 is 22.7. The molecule has 1 aliphatic rings. The summed E-state index contributed by atoms with van der Waals surface area (Å²) >= 11 is 0. The van der Waals surface area contributed by atoms with Crippen LogP contribution in [0.3, 0.4) is 0 Å². The van der Waals surface area contributed by atoms with Crippen molar-refractivity contribution in [3.8, 4) is 5.88 Å². The van der Waals surface area contributed by atoms with Crippen LogP contribution in [0.4, 0.5) is 10.5 Å². The zero-order valence-corrected chi connectivity index (χ0v) is 16.2. The zero-order chi connectivity index (χ0) is 19.0. The van der Waals surface area contributed by atoms with Crippen molar-refractivity contribution in [2.45, 2.75) is 65.3 Å². The fourth-order valence-corrected chi connectivity index (χ4v) is 2.27. The largest absolute Gasteiger partial charge is 0.500 e. The molecule has 0 aliphatic carbocycles. The third-order valence-electron chi connectivity index (χ3n) is 4.22. The molecule has 1 amide bonds. The van der Waals surface area contributed by atoms with Gasteiger partial charge in [-0.25, -0.2) is 9.78 Å². The zero-order valence-electron chi connectivity index (χ0n) is 16.2. The summed E-state index contributed by atoms with van der Waals surface area (Å²) in [7, 11) is 0.880. The highest BCUT2D eigenvalue weighted by Crippen LogP contribution is 2.37. The van der Waals surface area contributed by atoms with E-state index < -0.39 is 30.0 Å². The van der Waals surface area contributed by atoms with E-state index in [9.17, 15) is 4.79 Å². The molecule has 1 fully saturated rings. The summed E-state index contributed by atoms with van der Waals surface area (Å²) in [6.07, 6.45) is 0.941. The molecule has 1 aliphatic heterocycles. The van der Waals surface area contributed by atoms with Gasteiger partial charge in [0.25, 0.3) is 0 Å². The van der Waals surface area contributed by atoms with E-state index in [4.69, 9.17) is 18.8 Å². The maximum absolute atomic E-state index is 12.0. The van der Waals surface area contributed by atoms with Crippen LogP contribution in [0.2, 0.25) is 0 Å². The van der Waals surface area contributed by atoms with Gasteiger partial charge in [-0.05, 0) is 54.5 Å². The monoisotopic (exact) mass is 350 g/mol. The molecule has 0 saturated carbocycles. The Bertz CT molecular complexity index is 639. The topological polar surface area (TPSA) is 78.9 Å². The van der Waals surface area contributed by atoms with Crippen molar-refractivity contribution >= 4 is 24.4 Å². The van der Waals surface area contributed by atoms with Crippen molar-refractivity contribution in [2.24, 2.45) is 0 Å². The minimum atomic E-state index is -0.646. The van der Waals surface area contributed by atoms with Gasteiger partial charge in [-0.15, -0.1) is 0 Å². The van der Waals surface area contributed by atoms with Crippen LogP contribution in [0.5, 0.6) is 5.88 Å². The number of hydrogen-bond donors (Lipinski definition) is 1. The second-order valence-corrected chi connectivity index (χ2v) is 8.04. The summed E-state index contributed by atoms with van der Waals surface area (Å²) in [4.78, 5) is 16.2. The molecule has 0 radical (unpaired) electrons. The fourth-order valence-electron chi connectivity index (χ4n) is 2.27. The Balaban J connectivity index is 2.25. The van der Waals surface area contributed by atoms with E-state index in [0.29, 0.717) is 17.0 Å². The van der Waals surface area contributed by atoms with E-state index in [0.717, 1.165) is 0 Å². The van der Waals surface area contributed by atoms with Gasteiger partial charge in [0.2, 0.25) is 5.88 Å². The Morgan fingerprint density at radius 3 is 2.24 bits per heavy atom. The number of anilines is 1. The average Bonchev–Trinajstić information content (AvgIpc) is 2.65. The third kappa shape index (κ3) is 4.44. The number of methoxy groups -OCH3 is 1. The van der Waals surface area contributed by atoms with Crippen molar-refractivity contribution in [1.29, 1.82) is 0 Å². The number of rotatable bonds is 3. The molecule has 2 rings (SSSR count). The minimum Gasteiger partial charge on any atom is -0.481 e. The van der Waals surface area contributed by atoms with Crippen LogP contribution in [0.25, 0.3) is 0 Å². The molecular weight excluding hydrogens is 323 g/mol. The molecule has 1 aromatic heterocycles. The van der Waals surface area contributed by atoms with E-state index in [1.165, 1.54) is 13.3 Å². The summed E-state index contributed by atoms with van der Waals surface area (Å²) in [5.41, 5.74) is -0.484. The lowest BCUT2D eigenvalue weighted by Crippen LogP contribution is -2.41. The highest BCUT2D eigenvalue weighted by Gasteiger charge is 2.52. The molecule has 0 bridgehead atoms. The van der Waals surface area contributed by atoms with Crippen LogP contribution in [0.15, 0.2) is 12.3 Å². The Hall–Kier alpha value is -1.80. The first-order valence-corrected chi connectivity index (χ1v) is 8.24. The molecule has 1 N–H and O–H groups in total. The van der Waals surface area contributed by atoms with Gasteiger partial charge in [-0.1, -0.05) is 0 Å². The molecule has 25 heavy (non-hydrogen) atoms. The number of pyridine rings is 1. The summed E-state index contributed by atoms with van der Waals surface area (Å²) in [6, 6.07) is 1.72. The molecule has 0 atom stereocenters. The van der Waals surface area contributed by atoms with Gasteiger partial charge in [0.05, 0.1) is 30.2 Å². The fraction of sp³-hybridized carbons (Fsp3) is 0.647. The van der Waals surface area contributed by atoms with Gasteiger partial charge < -0.3 is 18.8 Å². The third-order valence-corrected chi connectivity index (χ3v) is 4.22. The first-order valence-electron chi connectivity index (χ1n) is 8.24. The minimum absolute atomic E-state index is 0.383. The smallest absolute Gasteiger partial charge is 0.481 e. The first-order chi connectivity index (χ1) is 11.3. The molecule has 0 spiro atoms. The predicted octanol–water partition coefficient (Wildman–Crippen LogP) is 2.74. The molecule has 8 heteroatoms. The quantitative estimate of drug-likeness (QED) is 0.845. The maximum atomic E-state index is 12.0. The number of carbonyl (C=O) groups is 1. The number of nitrogens with zero attached hydrogens (tertiary/aromatic N) is 1. The lowest BCUT2D eigenvalue weighted by Gasteiger charge is -2.32. The maximum Gasteiger partial charge on any atom is 0.500 e. The molecule has 138 valence electrons. The second-order valence-electron chi connectivity index (χ2n) is 8.04. The van der Waals surface area contributed by atoms with E-state index >= 15 is 0 Å². The van der Waals surface area contributed by atoms with Crippen molar-refractivity contribution in [3.63, 3.8) is 0 Å². The van der Waals surface area contributed by atoms with Gasteiger partial charge >= 0.3 is 13.2 Å². The predicted molar refractivity (Wildman–Crippen MR) is 96.4 cm³/mol. The van der Waals surface area contributed by atoms with Gasteiger partial charge in [-0.3, -0.25) is 5.32 Å². The summed E-state index contributed by atoms with van der Waals surface area (Å²) in [5, 5.41) is 2.66. The molecule has 2 heterocycles. The van der Waals surface area contributed by atoms with Crippen LogP contribution in [0, 0.1) is 0 Å². The molecule has 0 aromatic carbocycles. The van der Waals surface area contributed by atoms with Gasteiger partial charge in [0.15, 0.2) is 0 Å². The van der Waals surface area contributed by atoms with E-state index in [1.807, 2.05) is 27.7 Å². The SMILES string of the molecule is COc1ncc(NC(=O)OC(C)(C)C)cc1B1OC(C)(C)C(C)(C)O1. The van der Waals surface area contributed by atoms with E-state index in [1.54, 1.807) is 26.8 Å². The van der Waals surface area contributed by atoms with Gasteiger partial charge in [0.1, 0.15) is 5.60 Å². The highest BCUT2D eigenvalue weighted by atomic mass is 16.7. The molecule has 1 aromatic rings. The Kier molecular flexibility index (Phi) is 5.07. The lowest BCUT2D eigenvalue weighted by atomic mass is 9.79. The van der Waals surface area contributed by atoms with Crippen LogP contribution >= 0.6 is 0 Å². The van der Waals surface area contributed by atoms with Crippen LogP contribution in [-0.4, -0.2) is 42.1 Å². The number of carbonyl (C=O) groups excluding carboxylic acids is 1. The molecule has 7 nitrogen and oxygen atoms in total. The summed E-state index contributed by atoms with van der Waals surface area (Å²) in [5.74, 6) is 0.383. The average molecular weight is 350 g/mol. The van der Waals surface area contributed by atoms with E-state index in [2.05, 4.69) is 10.3 Å². The molecule has 1 saturated heterocycles. The van der Waals surface area contributed by atoms with Crippen LogP contribution in [0.1, 0.15) is 48.5 Å². The van der Waals surface area contributed by atoms with E-state index in [-0.39, 0.29) is 0 Å². The number of ether oxygens (including phenoxy) is 2. The second kappa shape index (κ2) is 6.50. The van der Waals surface area contributed by atoms with Crippen molar-refractivity contribution < 1.29 is 23.6 Å². The summed E-state index contributed by atoms with van der Waals surface area (Å²) in [6.45, 7) is 13.3. The number of nitrogens with one attached hydrogen (secondary N) is 1. The van der Waals surface area contributed by atoms with Gasteiger partial charge in [-0.2, -0.15) is 0 Å². The Labute approximate surface area is 149 Å². The standard InChI is InChI=1S/C17H27BN2O5/c1-15(2,3)23-14(21)20-11-9-12(13(22-8)19-10-11)18-24-16(4,5)17(6,7)25-18/h9-10H,1-8H3,(H,20,21). The lowest BCUT2D eigenvalue weighted by molar-refractivity contribution is 0.00578. The highest BCUT2D eigenvalue weighted by molar-refractivity contribution is 6.63. The van der Waals surface area contributed by atoms with Crippen molar-refractivity contribution in [1.82, 2.24) is 4.98 Å². The number of aromatic nitrogens is 1. The van der Waals surface area contributed by atoms with Crippen molar-refractivity contribution in [3.05, 3.63) is 12.3 Å². The number of amides is 1. The van der Waals surface area contributed by atoms with Crippen LogP contribution in [-0.2, 0) is 14.0 Å². The number of hydrogen-bond acceptors (Lipinski definition) is 6. The van der Waals surface area contributed by atoms with Crippen molar-refractivity contribution in [2.75, 3.05) is 12.4 Å². The first kappa shape index (κ1) is 19.5. The normalized spacial score (nSPS) is 18.8. The molecular formula is C17H27BN2O5.